The van der Waals surface area contributed by atoms with Crippen molar-refractivity contribution in [1.29, 1.82) is 0 Å². The van der Waals surface area contributed by atoms with Gasteiger partial charge in [0.25, 0.3) is 0 Å². The Morgan fingerprint density at radius 3 is 0.750 bits per heavy atom. The second-order valence-corrected chi connectivity index (χ2v) is 0. The maximum absolute atomic E-state index is 0. The second kappa shape index (κ2) is 16.7. The third-order valence-corrected chi connectivity index (χ3v) is 0. The molecule has 0 fully saturated rings. The van der Waals surface area contributed by atoms with Gasteiger partial charge in [0.2, 0.25) is 0 Å². The molecule has 0 nitrogen and oxygen atoms in total. The van der Waals surface area contributed by atoms with E-state index < -0.39 is 0 Å². The van der Waals surface area contributed by atoms with Crippen LogP contribution in [0.4, 0.5) is 0 Å². The fourth-order valence-electron chi connectivity index (χ4n) is 0. The summed E-state index contributed by atoms with van der Waals surface area (Å²) in [5.41, 5.74) is 0. The first-order chi connectivity index (χ1) is 0. The molecular formula is H6In2PSb. The molecule has 0 heterocycles. The van der Waals surface area contributed by atoms with Gasteiger partial charge in [0, 0.05) is 0 Å². The van der Waals surface area contributed by atoms with Crippen molar-refractivity contribution in [2.75, 3.05) is 0 Å². The van der Waals surface area contributed by atoms with Crippen molar-refractivity contribution in [1.82, 2.24) is 0 Å². The Bertz CT molecular complexity index is 6.00. The van der Waals surface area contributed by atoms with Crippen LogP contribution >= 0.6 is 9.90 Å². The molecule has 0 aliphatic heterocycles. The topological polar surface area (TPSA) is 0 Å². The van der Waals surface area contributed by atoms with Crippen molar-refractivity contribution in [2.24, 2.45) is 0 Å². The van der Waals surface area contributed by atoms with Gasteiger partial charge in [-0.3, -0.25) is 0 Å². The zero-order valence-corrected chi connectivity index (χ0v) is 9.09. The fraction of sp³-hybridized carbons (Fsp3) is 0. The maximum atomic E-state index is 0. The number of hydrogen-bond acceptors (Lipinski definition) is 0. The van der Waals surface area contributed by atoms with Crippen LogP contribution in [0.2, 0.25) is 0 Å². The molecule has 0 bridgehead atoms. The van der Waals surface area contributed by atoms with E-state index in [-0.39, 0.29) is 86.0 Å². The Morgan fingerprint density at radius 1 is 0.750 bits per heavy atom. The minimum absolute atomic E-state index is 0. The Morgan fingerprint density at radius 2 is 0.750 bits per heavy atom. The van der Waals surface area contributed by atoms with E-state index in [4.69, 9.17) is 0 Å². The molecule has 0 aromatic rings. The molecule has 0 atom stereocenters. The molecule has 4 heavy (non-hydrogen) atoms. The molecule has 22 valence electrons. The van der Waals surface area contributed by atoms with Gasteiger partial charge in [0.1, 0.15) is 0 Å². The summed E-state index contributed by atoms with van der Waals surface area (Å²) in [5, 5.41) is 0. The summed E-state index contributed by atoms with van der Waals surface area (Å²) in [6.07, 6.45) is 0. The van der Waals surface area contributed by atoms with Gasteiger partial charge in [-0.05, 0) is 0 Å². The molecule has 0 amide bonds. The van der Waals surface area contributed by atoms with E-state index in [2.05, 4.69) is 0 Å². The van der Waals surface area contributed by atoms with Crippen LogP contribution in [0.3, 0.4) is 0 Å². The molecule has 0 saturated carbocycles. The summed E-state index contributed by atoms with van der Waals surface area (Å²) >= 11 is 0. The standard InChI is InChI=1S/2In.P.Sb.6H/q2*+3;2*-3;;;;;;. The van der Waals surface area contributed by atoms with Gasteiger partial charge < -0.3 is 9.90 Å². The van der Waals surface area contributed by atoms with Gasteiger partial charge in [0.05, 0.1) is 0 Å². The zero-order chi connectivity index (χ0) is 0. The van der Waals surface area contributed by atoms with E-state index in [0.717, 1.165) is 0 Å². The number of rotatable bonds is 0. The molecule has 0 unspecified atom stereocenters. The van der Waals surface area contributed by atoms with Crippen LogP contribution in [0, 0.1) is 0 Å². The van der Waals surface area contributed by atoms with Crippen LogP contribution in [-0.4, -0.2) is 76.1 Å². The predicted molar refractivity (Wildman–Crippen MR) is 32.6 cm³/mol. The molecule has 4 heteroatoms. The van der Waals surface area contributed by atoms with Crippen molar-refractivity contribution in [3.63, 3.8) is 0 Å². The summed E-state index contributed by atoms with van der Waals surface area (Å²) < 4.78 is 0. The van der Waals surface area contributed by atoms with Gasteiger partial charge in [-0.15, -0.1) is 0 Å². The molecule has 0 radical (unpaired) electrons. The van der Waals surface area contributed by atoms with Crippen molar-refractivity contribution >= 4 is 86.0 Å². The van der Waals surface area contributed by atoms with E-state index in [1.807, 2.05) is 0 Å². The monoisotopic (exact) mass is 388 g/mol. The molecular weight excluding hydrogens is 382 g/mol. The van der Waals surface area contributed by atoms with E-state index >= 15 is 0 Å². The molecule has 0 rings (SSSR count). The summed E-state index contributed by atoms with van der Waals surface area (Å²) in [5.74, 6) is 0. The van der Waals surface area contributed by atoms with Crippen molar-refractivity contribution in [3.05, 3.63) is 0 Å². The fourth-order valence-corrected chi connectivity index (χ4v) is 0. The number of hydrogen-bond donors (Lipinski definition) is 0. The average molecular weight is 388 g/mol. The van der Waals surface area contributed by atoms with Crippen LogP contribution in [0.1, 0.15) is 0 Å². The normalized spacial score (nSPS) is 0. The molecule has 0 aromatic heterocycles. The van der Waals surface area contributed by atoms with Gasteiger partial charge in [-0.25, -0.2) is 0 Å². The Balaban J connectivity index is 0. The van der Waals surface area contributed by atoms with Crippen LogP contribution in [0.25, 0.3) is 0 Å². The summed E-state index contributed by atoms with van der Waals surface area (Å²) in [7, 11) is 0. The van der Waals surface area contributed by atoms with Crippen LogP contribution in [0.15, 0.2) is 0 Å². The van der Waals surface area contributed by atoms with E-state index in [1.54, 1.807) is 0 Å². The van der Waals surface area contributed by atoms with Gasteiger partial charge in [0.15, 0.2) is 0 Å². The first-order valence-electron chi connectivity index (χ1n) is 0. The molecule has 0 N–H and O–H groups in total. The summed E-state index contributed by atoms with van der Waals surface area (Å²) in [6.45, 7) is 0. The summed E-state index contributed by atoms with van der Waals surface area (Å²) in [6, 6.07) is 0. The minimum atomic E-state index is 0. The molecule has 0 saturated heterocycles. The summed E-state index contributed by atoms with van der Waals surface area (Å²) in [4.78, 5) is 0. The SMILES string of the molecule is [In+3].[In+3].[P-3].[SbH6-3]. The first-order valence-corrected chi connectivity index (χ1v) is 0. The molecule has 0 spiro atoms. The molecule has 0 aromatic carbocycles. The average Bonchev–Trinajstić information content (AvgIpc) is 0. The zero-order valence-electron chi connectivity index (χ0n) is 1.60. The Labute approximate surface area is 84.5 Å². The van der Waals surface area contributed by atoms with E-state index in [1.165, 1.54) is 0 Å². The third-order valence-electron chi connectivity index (χ3n) is 0. The van der Waals surface area contributed by atoms with Gasteiger partial charge in [-0.2, -0.15) is 0 Å². The Hall–Kier alpha value is 2.99. The van der Waals surface area contributed by atoms with Crippen molar-refractivity contribution < 1.29 is 0 Å². The quantitative estimate of drug-likeness (QED) is 0.337. The van der Waals surface area contributed by atoms with Crippen LogP contribution in [-0.2, 0) is 0 Å². The second-order valence-electron chi connectivity index (χ2n) is 0. The van der Waals surface area contributed by atoms with Crippen LogP contribution < -0.4 is 0 Å². The molecule has 0 aliphatic carbocycles. The van der Waals surface area contributed by atoms with Gasteiger partial charge in [-0.1, -0.05) is 0 Å². The van der Waals surface area contributed by atoms with Crippen LogP contribution in [0.5, 0.6) is 0 Å². The van der Waals surface area contributed by atoms with Gasteiger partial charge >= 0.3 is 76.1 Å². The van der Waals surface area contributed by atoms with E-state index in [0.29, 0.717) is 0 Å². The molecule has 0 aliphatic rings. The predicted octanol–water partition coefficient (Wildman–Crippen LogP) is -1.89. The van der Waals surface area contributed by atoms with E-state index in [9.17, 15) is 0 Å². The third kappa shape index (κ3) is 8.89. The Kier molecular flexibility index (Phi) is 117. The first kappa shape index (κ1) is 28.1. The van der Waals surface area contributed by atoms with Crippen molar-refractivity contribution in [2.45, 2.75) is 0 Å². The van der Waals surface area contributed by atoms with Crippen molar-refractivity contribution in [3.8, 4) is 0 Å².